The van der Waals surface area contributed by atoms with E-state index in [4.69, 9.17) is 30.5 Å². The van der Waals surface area contributed by atoms with Crippen LogP contribution in [-0.4, -0.2) is 69.8 Å². The van der Waals surface area contributed by atoms with Crippen LogP contribution in [0.5, 0.6) is 0 Å². The van der Waals surface area contributed by atoms with Gasteiger partial charge in [0.25, 0.3) is 0 Å². The summed E-state index contributed by atoms with van der Waals surface area (Å²) in [5.74, 6) is -5.12. The van der Waals surface area contributed by atoms with Gasteiger partial charge in [0.2, 0.25) is 0 Å². The van der Waals surface area contributed by atoms with Crippen molar-refractivity contribution in [1.82, 2.24) is 0 Å². The van der Waals surface area contributed by atoms with Crippen molar-refractivity contribution in [1.29, 1.82) is 0 Å². The van der Waals surface area contributed by atoms with Crippen LogP contribution in [0, 0.1) is 17.3 Å². The maximum Gasteiger partial charge on any atom is 0.312 e. The molecule has 2 saturated heterocycles. The van der Waals surface area contributed by atoms with Gasteiger partial charge in [-0.05, 0) is 26.3 Å². The maximum atomic E-state index is 13.2. The van der Waals surface area contributed by atoms with Crippen LogP contribution in [0.4, 0.5) is 0 Å². The fourth-order valence-corrected chi connectivity index (χ4v) is 6.41. The Balaban J connectivity index is 2.02. The van der Waals surface area contributed by atoms with Gasteiger partial charge in [-0.25, -0.2) is 0 Å². The molecule has 2 heterocycles. The molecule has 186 valence electrons. The Hall–Kier alpha value is -2.23. The minimum absolute atomic E-state index is 0.323. The normalized spacial score (nSPS) is 47.6. The number of carbonyl (C=O) groups excluding carboxylic acids is 4. The first-order valence-corrected chi connectivity index (χ1v) is 11.6. The lowest BCUT2D eigenvalue weighted by molar-refractivity contribution is -0.224. The second-order valence-electron chi connectivity index (χ2n) is 10.1. The Kier molecular flexibility index (Phi) is 5.78. The van der Waals surface area contributed by atoms with Gasteiger partial charge in [0.05, 0.1) is 29.4 Å². The molecular formula is C24H29ClO9. The molecule has 0 aromatic heterocycles. The van der Waals surface area contributed by atoms with E-state index in [2.05, 4.69) is 6.58 Å². The molecule has 0 aromatic rings. The molecule has 9 nitrogen and oxygen atoms in total. The zero-order valence-corrected chi connectivity index (χ0v) is 20.5. The number of halogens is 1. The summed E-state index contributed by atoms with van der Waals surface area (Å²) in [6, 6.07) is 0. The van der Waals surface area contributed by atoms with Crippen molar-refractivity contribution in [2.24, 2.45) is 17.3 Å². The molecule has 0 bridgehead atoms. The minimum atomic E-state index is -2.17. The number of rotatable bonds is 2. The largest absolute Gasteiger partial charge is 0.459 e. The van der Waals surface area contributed by atoms with Crippen molar-refractivity contribution in [2.45, 2.75) is 82.0 Å². The third-order valence-electron chi connectivity index (χ3n) is 7.81. The molecule has 10 heteroatoms. The fourth-order valence-electron chi connectivity index (χ4n) is 6.07. The highest BCUT2D eigenvalue weighted by atomic mass is 35.5. The van der Waals surface area contributed by atoms with Crippen LogP contribution in [0.25, 0.3) is 0 Å². The van der Waals surface area contributed by atoms with Crippen molar-refractivity contribution in [3.63, 3.8) is 0 Å². The van der Waals surface area contributed by atoms with Crippen molar-refractivity contribution < 1.29 is 43.2 Å². The smallest absolute Gasteiger partial charge is 0.312 e. The van der Waals surface area contributed by atoms with Crippen LogP contribution in [0.2, 0.25) is 0 Å². The summed E-state index contributed by atoms with van der Waals surface area (Å²) in [5, 5.41) is 11.2. The Morgan fingerprint density at radius 1 is 1.21 bits per heavy atom. The summed E-state index contributed by atoms with van der Waals surface area (Å²) in [7, 11) is 0. The summed E-state index contributed by atoms with van der Waals surface area (Å²) >= 11 is 6.67. The molecule has 3 fully saturated rings. The minimum Gasteiger partial charge on any atom is -0.459 e. The highest BCUT2D eigenvalue weighted by Gasteiger charge is 2.73. The quantitative estimate of drug-likeness (QED) is 0.199. The van der Waals surface area contributed by atoms with Crippen LogP contribution in [-0.2, 0) is 38.1 Å². The number of epoxide rings is 1. The van der Waals surface area contributed by atoms with Gasteiger partial charge >= 0.3 is 17.9 Å². The van der Waals surface area contributed by atoms with Crippen LogP contribution >= 0.6 is 11.6 Å². The van der Waals surface area contributed by atoms with E-state index in [1.165, 1.54) is 19.9 Å². The average molecular weight is 497 g/mol. The van der Waals surface area contributed by atoms with Gasteiger partial charge in [-0.2, -0.15) is 0 Å². The standard InChI is InChI=1S/C24H29ClO9/c1-10-9-14-18(32-14)22(5)8-7-15(28)23(6,34-13(4)27)17(22)20(31-12(3)26)24(30)11(2)21(29)33-19(24)16(10)25/h7-8,11,14,16-20,30H,1,9H2,2-6H3/t11-,14+,16-,17+,18-,19-,20+,22-,23+,24-/m0/s1. The lowest BCUT2D eigenvalue weighted by Gasteiger charge is -2.53. The number of hydrogen-bond acceptors (Lipinski definition) is 9. The van der Waals surface area contributed by atoms with Gasteiger partial charge in [-0.3, -0.25) is 19.2 Å². The first kappa shape index (κ1) is 24.9. The Morgan fingerprint density at radius 3 is 2.44 bits per heavy atom. The molecule has 4 rings (SSSR count). The second kappa shape index (κ2) is 7.90. The third kappa shape index (κ3) is 3.43. The molecule has 1 N–H and O–H groups in total. The number of aliphatic hydroxyl groups is 1. The van der Waals surface area contributed by atoms with Gasteiger partial charge in [0.15, 0.2) is 23.1 Å². The highest BCUT2D eigenvalue weighted by molar-refractivity contribution is 6.23. The maximum absolute atomic E-state index is 13.2. The van der Waals surface area contributed by atoms with Crippen molar-refractivity contribution in [3.8, 4) is 0 Å². The molecule has 0 aromatic carbocycles. The molecule has 0 spiro atoms. The lowest BCUT2D eigenvalue weighted by atomic mass is 9.55. The van der Waals surface area contributed by atoms with Gasteiger partial charge in [0.1, 0.15) is 6.10 Å². The van der Waals surface area contributed by atoms with E-state index in [0.29, 0.717) is 12.0 Å². The summed E-state index contributed by atoms with van der Waals surface area (Å²) in [6.45, 7) is 11.0. The van der Waals surface area contributed by atoms with E-state index < -0.39 is 75.8 Å². The van der Waals surface area contributed by atoms with Crippen LogP contribution in [0.3, 0.4) is 0 Å². The van der Waals surface area contributed by atoms with E-state index in [1.54, 1.807) is 13.0 Å². The van der Waals surface area contributed by atoms with Crippen LogP contribution in [0.1, 0.15) is 41.0 Å². The molecule has 10 atom stereocenters. The molecular weight excluding hydrogens is 468 g/mol. The SMILES string of the molecule is C=C1C[C@H]2O[C@@H]2[C@@]2(C)C=CC(=O)[C@@](C)(OC(C)=O)[C@@H]2[C@@H](OC(C)=O)[C@]2(O)[C@@H](C)C(=O)O[C@H]2[C@H]1Cl. The summed E-state index contributed by atoms with van der Waals surface area (Å²) in [6.07, 6.45) is -0.412. The zero-order chi connectivity index (χ0) is 25.4. The first-order valence-electron chi connectivity index (χ1n) is 11.2. The van der Waals surface area contributed by atoms with Gasteiger partial charge in [0, 0.05) is 19.3 Å². The number of alkyl halides is 1. The van der Waals surface area contributed by atoms with E-state index in [0.717, 1.165) is 13.8 Å². The summed E-state index contributed by atoms with van der Waals surface area (Å²) in [5.41, 5.74) is -4.58. The highest BCUT2D eigenvalue weighted by Crippen LogP contribution is 2.59. The number of fused-ring (bicyclic) bond motifs is 4. The zero-order valence-electron chi connectivity index (χ0n) is 19.7. The van der Waals surface area contributed by atoms with Gasteiger partial charge in [-0.1, -0.05) is 25.2 Å². The first-order chi connectivity index (χ1) is 15.7. The molecule has 2 aliphatic heterocycles. The molecule has 34 heavy (non-hydrogen) atoms. The predicted molar refractivity (Wildman–Crippen MR) is 118 cm³/mol. The average Bonchev–Trinajstić information content (AvgIpc) is 3.46. The van der Waals surface area contributed by atoms with Gasteiger partial charge < -0.3 is 24.1 Å². The molecule has 0 unspecified atom stereocenters. The Morgan fingerprint density at radius 2 is 1.85 bits per heavy atom. The summed E-state index contributed by atoms with van der Waals surface area (Å²) < 4.78 is 22.8. The van der Waals surface area contributed by atoms with E-state index in [1.807, 2.05) is 0 Å². The lowest BCUT2D eigenvalue weighted by Crippen LogP contribution is -2.69. The number of ketones is 1. The Labute approximate surface area is 202 Å². The molecule has 2 aliphatic carbocycles. The predicted octanol–water partition coefficient (Wildman–Crippen LogP) is 1.63. The molecule has 1 saturated carbocycles. The summed E-state index contributed by atoms with van der Waals surface area (Å²) in [4.78, 5) is 50.5. The molecule has 0 radical (unpaired) electrons. The van der Waals surface area contributed by atoms with Crippen LogP contribution in [0.15, 0.2) is 24.3 Å². The Bertz CT molecular complexity index is 1010. The molecule has 4 aliphatic rings. The second-order valence-corrected chi connectivity index (χ2v) is 10.6. The fraction of sp³-hybridized carbons (Fsp3) is 0.667. The van der Waals surface area contributed by atoms with E-state index in [-0.39, 0.29) is 6.10 Å². The number of esters is 3. The van der Waals surface area contributed by atoms with Crippen LogP contribution < -0.4 is 0 Å². The number of hydrogen-bond donors (Lipinski definition) is 1. The van der Waals surface area contributed by atoms with E-state index >= 15 is 0 Å². The number of ether oxygens (including phenoxy) is 4. The topological polar surface area (TPSA) is 129 Å². The third-order valence-corrected chi connectivity index (χ3v) is 8.35. The van der Waals surface area contributed by atoms with E-state index in [9.17, 15) is 24.3 Å². The molecule has 0 amide bonds. The monoisotopic (exact) mass is 496 g/mol. The van der Waals surface area contributed by atoms with Crippen molar-refractivity contribution >= 4 is 35.3 Å². The van der Waals surface area contributed by atoms with Crippen molar-refractivity contribution in [3.05, 3.63) is 24.3 Å². The number of carbonyl (C=O) groups is 4. The van der Waals surface area contributed by atoms with Gasteiger partial charge in [-0.15, -0.1) is 11.6 Å². The van der Waals surface area contributed by atoms with Crippen molar-refractivity contribution in [2.75, 3.05) is 0 Å².